The van der Waals surface area contributed by atoms with Crippen LogP contribution < -0.4 is 10.6 Å². The molecule has 1 fully saturated rings. The number of benzene rings is 1. The highest BCUT2D eigenvalue weighted by atomic mass is 32.2. The predicted octanol–water partition coefficient (Wildman–Crippen LogP) is 2.96. The number of hydrogen-bond donors (Lipinski definition) is 2. The molecule has 1 aliphatic heterocycles. The van der Waals surface area contributed by atoms with Crippen molar-refractivity contribution in [3.63, 3.8) is 0 Å². The Morgan fingerprint density at radius 2 is 2.19 bits per heavy atom. The summed E-state index contributed by atoms with van der Waals surface area (Å²) in [5.74, 6) is 0.938. The lowest BCUT2D eigenvalue weighted by atomic mass is 10.0. The Balaban J connectivity index is 1.90. The lowest BCUT2D eigenvalue weighted by molar-refractivity contribution is 0.0998. The van der Waals surface area contributed by atoms with Gasteiger partial charge in [-0.05, 0) is 24.7 Å². The van der Waals surface area contributed by atoms with Crippen LogP contribution in [0.15, 0.2) is 30.3 Å². The van der Waals surface area contributed by atoms with Gasteiger partial charge in [0, 0.05) is 18.4 Å². The van der Waals surface area contributed by atoms with Gasteiger partial charge in [-0.15, -0.1) is 0 Å². The van der Waals surface area contributed by atoms with Gasteiger partial charge in [-0.3, -0.25) is 0 Å². The minimum atomic E-state index is -0.0904. The third kappa shape index (κ3) is 4.64. The molecule has 5 heteroatoms. The summed E-state index contributed by atoms with van der Waals surface area (Å²) in [6, 6.07) is 10.3. The normalized spacial score (nSPS) is 22.8. The lowest BCUT2D eigenvalue weighted by Crippen LogP contribution is -2.47. The largest absolute Gasteiger partial charge is 0.371 e. The fourth-order valence-electron chi connectivity index (χ4n) is 2.57. The second-order valence-corrected chi connectivity index (χ2v) is 6.19. The summed E-state index contributed by atoms with van der Waals surface area (Å²) in [5, 5.41) is 6.11. The van der Waals surface area contributed by atoms with Crippen LogP contribution in [0.1, 0.15) is 31.4 Å². The highest BCUT2D eigenvalue weighted by Gasteiger charge is 2.31. The number of rotatable bonds is 6. The van der Waals surface area contributed by atoms with E-state index in [0.29, 0.717) is 6.61 Å². The Kier molecular flexibility index (Phi) is 6.39. The molecule has 2 N–H and O–H groups in total. The summed E-state index contributed by atoms with van der Waals surface area (Å²) in [6.07, 6.45) is 3.81. The average molecular weight is 308 g/mol. The van der Waals surface area contributed by atoms with Crippen molar-refractivity contribution in [1.82, 2.24) is 10.6 Å². The van der Waals surface area contributed by atoms with Gasteiger partial charge in [-0.25, -0.2) is 4.79 Å². The zero-order valence-corrected chi connectivity index (χ0v) is 13.5. The van der Waals surface area contributed by atoms with Gasteiger partial charge >= 0.3 is 6.03 Å². The molecule has 0 spiro atoms. The number of thioether (sulfide) groups is 1. The van der Waals surface area contributed by atoms with Crippen LogP contribution in [-0.4, -0.2) is 36.7 Å². The molecule has 1 aromatic carbocycles. The summed E-state index contributed by atoms with van der Waals surface area (Å²) >= 11 is 1.75. The molecular weight excluding hydrogens is 284 g/mol. The summed E-state index contributed by atoms with van der Waals surface area (Å²) in [4.78, 5) is 12.1. The number of urea groups is 1. The van der Waals surface area contributed by atoms with Crippen molar-refractivity contribution < 1.29 is 9.53 Å². The standard InChI is InChI=1S/C16H24N2O2S/c1-3-13(11-21-2)17-16(19)18-14-9-10-20-15(14)12-7-5-4-6-8-12/h4-8,13-15H,3,9-11H2,1-2H3,(H2,17,18,19). The van der Waals surface area contributed by atoms with Gasteiger partial charge in [0.15, 0.2) is 0 Å². The molecule has 1 saturated heterocycles. The molecule has 116 valence electrons. The van der Waals surface area contributed by atoms with E-state index >= 15 is 0 Å². The first-order chi connectivity index (χ1) is 10.2. The maximum absolute atomic E-state index is 12.1. The average Bonchev–Trinajstić information content (AvgIpc) is 2.95. The maximum Gasteiger partial charge on any atom is 0.315 e. The third-order valence-electron chi connectivity index (χ3n) is 3.73. The fraction of sp³-hybridized carbons (Fsp3) is 0.562. The summed E-state index contributed by atoms with van der Waals surface area (Å²) in [6.45, 7) is 2.78. The Morgan fingerprint density at radius 1 is 1.43 bits per heavy atom. The van der Waals surface area contributed by atoms with Crippen molar-refractivity contribution >= 4 is 17.8 Å². The number of carbonyl (C=O) groups excluding carboxylic acids is 1. The molecule has 3 atom stereocenters. The zero-order valence-electron chi connectivity index (χ0n) is 12.7. The third-order valence-corrected chi connectivity index (χ3v) is 4.47. The number of nitrogens with one attached hydrogen (secondary N) is 2. The number of ether oxygens (including phenoxy) is 1. The topological polar surface area (TPSA) is 50.4 Å². The van der Waals surface area contributed by atoms with Crippen molar-refractivity contribution in [2.75, 3.05) is 18.6 Å². The SMILES string of the molecule is CCC(CSC)NC(=O)NC1CCOC1c1ccccc1. The number of amides is 2. The van der Waals surface area contributed by atoms with Gasteiger partial charge in [0.2, 0.25) is 0 Å². The van der Waals surface area contributed by atoms with E-state index in [1.54, 1.807) is 11.8 Å². The van der Waals surface area contributed by atoms with Gasteiger partial charge in [0.25, 0.3) is 0 Å². The van der Waals surface area contributed by atoms with Gasteiger partial charge < -0.3 is 15.4 Å². The smallest absolute Gasteiger partial charge is 0.315 e. The Bertz CT molecular complexity index is 441. The molecule has 4 nitrogen and oxygen atoms in total. The van der Waals surface area contributed by atoms with E-state index in [4.69, 9.17) is 4.74 Å². The monoisotopic (exact) mass is 308 g/mol. The molecule has 21 heavy (non-hydrogen) atoms. The van der Waals surface area contributed by atoms with Crippen LogP contribution in [0.5, 0.6) is 0 Å². The molecule has 0 saturated carbocycles. The van der Waals surface area contributed by atoms with Crippen LogP contribution in [-0.2, 0) is 4.74 Å². The summed E-state index contributed by atoms with van der Waals surface area (Å²) in [7, 11) is 0. The predicted molar refractivity (Wildman–Crippen MR) is 87.7 cm³/mol. The summed E-state index contributed by atoms with van der Waals surface area (Å²) in [5.41, 5.74) is 1.12. The molecule has 2 rings (SSSR count). The van der Waals surface area contributed by atoms with E-state index < -0.39 is 0 Å². The van der Waals surface area contributed by atoms with Crippen molar-refractivity contribution in [1.29, 1.82) is 0 Å². The second kappa shape index (κ2) is 8.29. The van der Waals surface area contributed by atoms with Crippen LogP contribution in [0.25, 0.3) is 0 Å². The van der Waals surface area contributed by atoms with Gasteiger partial charge in [0.1, 0.15) is 6.10 Å². The van der Waals surface area contributed by atoms with E-state index in [2.05, 4.69) is 23.8 Å². The van der Waals surface area contributed by atoms with E-state index in [1.807, 2.05) is 30.3 Å². The summed E-state index contributed by atoms with van der Waals surface area (Å²) < 4.78 is 5.78. The van der Waals surface area contributed by atoms with Crippen LogP contribution in [0.2, 0.25) is 0 Å². The molecule has 0 aliphatic carbocycles. The minimum Gasteiger partial charge on any atom is -0.371 e. The second-order valence-electron chi connectivity index (χ2n) is 5.28. The molecule has 2 amide bonds. The Morgan fingerprint density at radius 3 is 2.86 bits per heavy atom. The Labute approximate surface area is 131 Å². The van der Waals surface area contributed by atoms with Crippen molar-refractivity contribution in [3.8, 4) is 0 Å². The molecule has 0 radical (unpaired) electrons. The highest BCUT2D eigenvalue weighted by Crippen LogP contribution is 2.28. The van der Waals surface area contributed by atoms with Gasteiger partial charge in [-0.1, -0.05) is 37.3 Å². The maximum atomic E-state index is 12.1. The van der Waals surface area contributed by atoms with E-state index in [1.165, 1.54) is 0 Å². The molecule has 1 heterocycles. The minimum absolute atomic E-state index is 0.0409. The van der Waals surface area contributed by atoms with Crippen molar-refractivity contribution in [3.05, 3.63) is 35.9 Å². The fourth-order valence-corrected chi connectivity index (χ4v) is 3.29. The van der Waals surface area contributed by atoms with Crippen LogP contribution in [0.4, 0.5) is 4.79 Å². The molecule has 0 bridgehead atoms. The molecule has 1 aliphatic rings. The van der Waals surface area contributed by atoms with Gasteiger partial charge in [0.05, 0.1) is 6.04 Å². The van der Waals surface area contributed by atoms with Crippen molar-refractivity contribution in [2.24, 2.45) is 0 Å². The molecule has 0 aromatic heterocycles. The molecule has 3 unspecified atom stereocenters. The highest BCUT2D eigenvalue weighted by molar-refractivity contribution is 7.98. The molecule has 1 aromatic rings. The van der Waals surface area contributed by atoms with Crippen LogP contribution in [0.3, 0.4) is 0 Å². The first-order valence-corrected chi connectivity index (χ1v) is 8.86. The van der Waals surface area contributed by atoms with Crippen LogP contribution in [0, 0.1) is 0 Å². The van der Waals surface area contributed by atoms with E-state index in [9.17, 15) is 4.79 Å². The lowest BCUT2D eigenvalue weighted by Gasteiger charge is -2.22. The quantitative estimate of drug-likeness (QED) is 0.849. The van der Waals surface area contributed by atoms with E-state index in [0.717, 1.165) is 24.2 Å². The van der Waals surface area contributed by atoms with Crippen molar-refractivity contribution in [2.45, 2.75) is 38.0 Å². The number of carbonyl (C=O) groups is 1. The first-order valence-electron chi connectivity index (χ1n) is 7.47. The number of hydrogen-bond acceptors (Lipinski definition) is 3. The zero-order chi connectivity index (χ0) is 15.1. The Hall–Kier alpha value is -1.20. The van der Waals surface area contributed by atoms with Gasteiger partial charge in [-0.2, -0.15) is 11.8 Å². The molecular formula is C16H24N2O2S. The first kappa shape index (κ1) is 16.2. The van der Waals surface area contributed by atoms with Crippen LogP contribution >= 0.6 is 11.8 Å². The van der Waals surface area contributed by atoms with E-state index in [-0.39, 0.29) is 24.2 Å².